The molecule has 0 unspecified atom stereocenters. The molecule has 0 saturated carbocycles. The molecule has 0 aliphatic carbocycles. The van der Waals surface area contributed by atoms with E-state index < -0.39 is 5.60 Å². The van der Waals surface area contributed by atoms with Crippen LogP contribution in [-0.4, -0.2) is 46.8 Å². The summed E-state index contributed by atoms with van der Waals surface area (Å²) in [7, 11) is 1.62. The normalized spacial score (nSPS) is 14.2. The number of benzene rings is 1. The number of rotatable bonds is 5. The van der Waals surface area contributed by atoms with Crippen molar-refractivity contribution < 1.29 is 14.3 Å². The van der Waals surface area contributed by atoms with E-state index in [2.05, 4.69) is 33.5 Å². The molecule has 2 aromatic heterocycles. The number of methoxy groups -OCH3 is 1. The predicted molar refractivity (Wildman–Crippen MR) is 137 cm³/mol. The summed E-state index contributed by atoms with van der Waals surface area (Å²) in [6.07, 6.45) is 4.34. The van der Waals surface area contributed by atoms with Crippen LogP contribution in [0.25, 0.3) is 16.6 Å². The summed E-state index contributed by atoms with van der Waals surface area (Å²) in [5, 5.41) is 5.17. The number of H-pyrrole nitrogens is 1. The van der Waals surface area contributed by atoms with Crippen LogP contribution in [0.4, 0.5) is 10.5 Å². The van der Waals surface area contributed by atoms with E-state index in [0.29, 0.717) is 30.4 Å². The van der Waals surface area contributed by atoms with Gasteiger partial charge in [-0.2, -0.15) is 0 Å². The van der Waals surface area contributed by atoms with E-state index in [4.69, 9.17) is 21.1 Å². The smallest absolute Gasteiger partial charge is 0.410 e. The highest BCUT2D eigenvalue weighted by Gasteiger charge is 2.24. The van der Waals surface area contributed by atoms with Gasteiger partial charge in [0.1, 0.15) is 17.0 Å². The zero-order valence-electron chi connectivity index (χ0n) is 20.3. The van der Waals surface area contributed by atoms with Gasteiger partial charge in [-0.1, -0.05) is 23.7 Å². The topological polar surface area (TPSA) is 79.5 Å². The number of hydrogen-bond donors (Lipinski definition) is 2. The second kappa shape index (κ2) is 9.58. The molecule has 3 aromatic rings. The zero-order chi connectivity index (χ0) is 24.5. The Morgan fingerprint density at radius 2 is 2.09 bits per heavy atom. The molecular formula is C26H31ClN4O3. The number of carbonyl (C=O) groups is 1. The molecule has 0 fully saturated rings. The molecule has 1 aliphatic rings. The summed E-state index contributed by atoms with van der Waals surface area (Å²) in [6, 6.07) is 8.10. The average molecular weight is 483 g/mol. The van der Waals surface area contributed by atoms with Gasteiger partial charge in [0.2, 0.25) is 0 Å². The van der Waals surface area contributed by atoms with Crippen molar-refractivity contribution in [2.75, 3.05) is 25.5 Å². The fourth-order valence-corrected chi connectivity index (χ4v) is 4.20. The Morgan fingerprint density at radius 3 is 2.76 bits per heavy atom. The first-order valence-electron chi connectivity index (χ1n) is 11.4. The number of fused-ring (bicyclic) bond motifs is 1. The van der Waals surface area contributed by atoms with Crippen LogP contribution < -0.4 is 10.1 Å². The molecule has 7 nitrogen and oxygen atoms in total. The fraction of sp³-hybridized carbons (Fsp3) is 0.385. The zero-order valence-corrected chi connectivity index (χ0v) is 21.0. The van der Waals surface area contributed by atoms with Crippen LogP contribution in [0.5, 0.6) is 5.75 Å². The lowest BCUT2D eigenvalue weighted by Crippen LogP contribution is -2.39. The summed E-state index contributed by atoms with van der Waals surface area (Å²) >= 11 is 6.30. The van der Waals surface area contributed by atoms with Crippen LogP contribution in [0.15, 0.2) is 36.5 Å². The highest BCUT2D eigenvalue weighted by molar-refractivity contribution is 6.32. The Bertz CT molecular complexity index is 1240. The van der Waals surface area contributed by atoms with Gasteiger partial charge in [0, 0.05) is 42.6 Å². The minimum atomic E-state index is -0.497. The standard InChI is InChI=1S/C26H31ClN4O3/c1-16-12-17(13-22(33-5)23(16)27)15-29-20-6-9-28-24-19(20)14-21(30-24)18-7-10-31(11-8-18)25(32)34-26(2,3)4/h6-7,9,12-14H,8,10-11,15H2,1-5H3,(H2,28,29,30). The van der Waals surface area contributed by atoms with Crippen molar-refractivity contribution in [1.29, 1.82) is 0 Å². The van der Waals surface area contributed by atoms with E-state index in [1.54, 1.807) is 18.2 Å². The maximum absolute atomic E-state index is 12.3. The molecule has 2 N–H and O–H groups in total. The van der Waals surface area contributed by atoms with E-state index in [9.17, 15) is 4.79 Å². The number of aromatic amines is 1. The summed E-state index contributed by atoms with van der Waals surface area (Å²) in [5.41, 5.74) is 5.56. The highest BCUT2D eigenvalue weighted by atomic mass is 35.5. The second-order valence-corrected chi connectivity index (χ2v) is 9.87. The van der Waals surface area contributed by atoms with Crippen LogP contribution >= 0.6 is 11.6 Å². The number of hydrogen-bond acceptors (Lipinski definition) is 5. The Hall–Kier alpha value is -3.19. The van der Waals surface area contributed by atoms with Crippen LogP contribution in [0.3, 0.4) is 0 Å². The number of anilines is 1. The minimum absolute atomic E-state index is 0.276. The lowest BCUT2D eigenvalue weighted by Gasteiger charge is -2.29. The van der Waals surface area contributed by atoms with Gasteiger partial charge in [-0.25, -0.2) is 9.78 Å². The number of aryl methyl sites for hydroxylation is 1. The van der Waals surface area contributed by atoms with Gasteiger partial charge < -0.3 is 24.7 Å². The van der Waals surface area contributed by atoms with Crippen molar-refractivity contribution in [2.24, 2.45) is 0 Å². The van der Waals surface area contributed by atoms with Crippen molar-refractivity contribution in [3.63, 3.8) is 0 Å². The number of nitrogens with one attached hydrogen (secondary N) is 2. The van der Waals surface area contributed by atoms with Gasteiger partial charge in [-0.15, -0.1) is 0 Å². The largest absolute Gasteiger partial charge is 0.495 e. The number of nitrogens with zero attached hydrogens (tertiary/aromatic N) is 2. The monoisotopic (exact) mass is 482 g/mol. The molecule has 0 bridgehead atoms. The van der Waals surface area contributed by atoms with Crippen LogP contribution in [0.1, 0.15) is 44.0 Å². The van der Waals surface area contributed by atoms with Crippen molar-refractivity contribution in [1.82, 2.24) is 14.9 Å². The molecule has 0 saturated heterocycles. The predicted octanol–water partition coefficient (Wildman–Crippen LogP) is 6.17. The van der Waals surface area contributed by atoms with E-state index in [1.807, 2.05) is 39.8 Å². The summed E-state index contributed by atoms with van der Waals surface area (Å²) in [6.45, 7) is 9.38. The van der Waals surface area contributed by atoms with E-state index in [-0.39, 0.29) is 6.09 Å². The molecule has 0 spiro atoms. The molecular weight excluding hydrogens is 452 g/mol. The number of amides is 1. The van der Waals surface area contributed by atoms with Gasteiger partial charge in [0.15, 0.2) is 0 Å². The number of carbonyl (C=O) groups excluding carboxylic acids is 1. The lowest BCUT2D eigenvalue weighted by atomic mass is 10.0. The highest BCUT2D eigenvalue weighted by Crippen LogP contribution is 2.31. The molecule has 180 valence electrons. The quantitative estimate of drug-likeness (QED) is 0.454. The van der Waals surface area contributed by atoms with Crippen molar-refractivity contribution in [2.45, 2.75) is 46.3 Å². The minimum Gasteiger partial charge on any atom is -0.495 e. The molecule has 1 aliphatic heterocycles. The summed E-state index contributed by atoms with van der Waals surface area (Å²) in [4.78, 5) is 22.0. The maximum Gasteiger partial charge on any atom is 0.410 e. The summed E-state index contributed by atoms with van der Waals surface area (Å²) in [5.74, 6) is 0.673. The SMILES string of the molecule is COc1cc(CNc2ccnc3[nH]c(C4=CCN(C(=O)OC(C)(C)C)CC4)cc23)cc(C)c1Cl. The summed E-state index contributed by atoms with van der Waals surface area (Å²) < 4.78 is 10.9. The number of pyridine rings is 1. The van der Waals surface area contributed by atoms with Crippen molar-refractivity contribution in [3.8, 4) is 5.75 Å². The molecule has 1 aromatic carbocycles. The first-order chi connectivity index (χ1) is 16.1. The number of halogens is 1. The van der Waals surface area contributed by atoms with Crippen molar-refractivity contribution in [3.05, 3.63) is 58.4 Å². The molecule has 0 radical (unpaired) electrons. The third kappa shape index (κ3) is 5.30. The Labute approximate surface area is 205 Å². The van der Waals surface area contributed by atoms with Crippen LogP contribution in [0, 0.1) is 6.92 Å². The Balaban J connectivity index is 1.50. The Kier molecular flexibility index (Phi) is 6.75. The van der Waals surface area contributed by atoms with Gasteiger partial charge in [0.25, 0.3) is 0 Å². The maximum atomic E-state index is 12.3. The second-order valence-electron chi connectivity index (χ2n) is 9.49. The first kappa shape index (κ1) is 24.0. The fourth-order valence-electron chi connectivity index (χ4n) is 4.02. The molecule has 0 atom stereocenters. The lowest BCUT2D eigenvalue weighted by molar-refractivity contribution is 0.0270. The van der Waals surface area contributed by atoms with Crippen LogP contribution in [-0.2, 0) is 11.3 Å². The first-order valence-corrected chi connectivity index (χ1v) is 11.7. The Morgan fingerprint density at radius 1 is 1.29 bits per heavy atom. The van der Waals surface area contributed by atoms with Gasteiger partial charge in [-0.3, -0.25) is 0 Å². The number of ether oxygens (including phenoxy) is 2. The van der Waals surface area contributed by atoms with Crippen molar-refractivity contribution >= 4 is 40.0 Å². The molecule has 3 heterocycles. The van der Waals surface area contributed by atoms with E-state index >= 15 is 0 Å². The van der Waals surface area contributed by atoms with E-state index in [0.717, 1.165) is 40.0 Å². The molecule has 4 rings (SSSR count). The third-order valence-corrected chi connectivity index (χ3v) is 6.21. The molecule has 1 amide bonds. The average Bonchev–Trinajstić information content (AvgIpc) is 3.23. The van der Waals surface area contributed by atoms with Gasteiger partial charge in [-0.05, 0) is 69.0 Å². The van der Waals surface area contributed by atoms with Gasteiger partial charge >= 0.3 is 6.09 Å². The number of aromatic nitrogens is 2. The molecule has 8 heteroatoms. The third-order valence-electron chi connectivity index (χ3n) is 5.72. The van der Waals surface area contributed by atoms with E-state index in [1.165, 1.54) is 5.57 Å². The van der Waals surface area contributed by atoms with Crippen LogP contribution in [0.2, 0.25) is 5.02 Å². The molecule has 34 heavy (non-hydrogen) atoms. The van der Waals surface area contributed by atoms with Gasteiger partial charge in [0.05, 0.1) is 12.1 Å².